The van der Waals surface area contributed by atoms with Crippen molar-refractivity contribution in [3.8, 4) is 0 Å². The lowest BCUT2D eigenvalue weighted by molar-refractivity contribution is 0.102. The molecule has 0 radical (unpaired) electrons. The molecule has 8 nitrogen and oxygen atoms in total. The number of likely N-dealkylation sites (N-methyl/N-ethyl adjacent to an activating group) is 1. The van der Waals surface area contributed by atoms with Gasteiger partial charge in [-0.1, -0.05) is 17.7 Å². The maximum atomic E-state index is 14.9. The molecule has 0 spiro atoms. The van der Waals surface area contributed by atoms with Crippen molar-refractivity contribution in [3.63, 3.8) is 0 Å². The zero-order chi connectivity index (χ0) is 25.8. The number of nitrogens with zero attached hydrogens (tertiary/aromatic N) is 3. The van der Waals surface area contributed by atoms with E-state index in [2.05, 4.69) is 20.5 Å². The lowest BCUT2D eigenvalue weighted by Crippen LogP contribution is -2.47. The van der Waals surface area contributed by atoms with Gasteiger partial charge in [0.1, 0.15) is 23.3 Å². The molecule has 0 atom stereocenters. The van der Waals surface area contributed by atoms with Gasteiger partial charge in [0.25, 0.3) is 11.8 Å². The van der Waals surface area contributed by atoms with Crippen LogP contribution in [0.15, 0.2) is 54.7 Å². The lowest BCUT2D eigenvalue weighted by Gasteiger charge is -2.34. The van der Waals surface area contributed by atoms with Crippen LogP contribution in [0.25, 0.3) is 0 Å². The summed E-state index contributed by atoms with van der Waals surface area (Å²) in [6.45, 7) is 2.90. The second-order valence-corrected chi connectivity index (χ2v) is 8.73. The molecular formula is C25H23ClF2N6O2. The summed E-state index contributed by atoms with van der Waals surface area (Å²) in [6, 6.07) is 10.2. The topological polar surface area (TPSA) is 101 Å². The zero-order valence-corrected chi connectivity index (χ0v) is 20.1. The number of hydrogen-bond acceptors (Lipinski definition) is 5. The van der Waals surface area contributed by atoms with Gasteiger partial charge in [0.2, 0.25) is 0 Å². The number of halogens is 3. The molecule has 1 aliphatic heterocycles. The average molecular weight is 513 g/mol. The third kappa shape index (κ3) is 5.84. The number of amides is 2. The third-order valence-corrected chi connectivity index (χ3v) is 5.97. The summed E-state index contributed by atoms with van der Waals surface area (Å²) >= 11 is 5.79. The Morgan fingerprint density at radius 1 is 0.944 bits per heavy atom. The smallest absolute Gasteiger partial charge is 0.259 e. The first-order valence-corrected chi connectivity index (χ1v) is 11.4. The van der Waals surface area contributed by atoms with Gasteiger partial charge in [0, 0.05) is 37.9 Å². The van der Waals surface area contributed by atoms with Crippen LogP contribution < -0.4 is 10.6 Å². The van der Waals surface area contributed by atoms with E-state index in [0.29, 0.717) is 23.7 Å². The number of piperazine rings is 1. The normalized spacial score (nSPS) is 13.8. The molecule has 0 saturated carbocycles. The van der Waals surface area contributed by atoms with Crippen LogP contribution in [0.2, 0.25) is 5.02 Å². The highest BCUT2D eigenvalue weighted by atomic mass is 35.5. The molecule has 0 unspecified atom stereocenters. The molecule has 11 heteroatoms. The van der Waals surface area contributed by atoms with E-state index in [0.717, 1.165) is 31.3 Å². The highest BCUT2D eigenvalue weighted by Crippen LogP contribution is 2.21. The van der Waals surface area contributed by atoms with E-state index in [1.54, 1.807) is 0 Å². The monoisotopic (exact) mass is 512 g/mol. The molecule has 3 N–H and O–H groups in total. The minimum atomic E-state index is -0.824. The molecule has 1 aliphatic rings. The maximum absolute atomic E-state index is 14.9. The van der Waals surface area contributed by atoms with Gasteiger partial charge in [0.05, 0.1) is 21.8 Å². The Hall–Kier alpha value is -3.89. The van der Waals surface area contributed by atoms with Crippen molar-refractivity contribution >= 4 is 40.8 Å². The van der Waals surface area contributed by atoms with Crippen LogP contribution in [-0.4, -0.2) is 65.7 Å². The summed E-state index contributed by atoms with van der Waals surface area (Å²) in [5.41, 5.74) is -0.110. The molecule has 186 valence electrons. The van der Waals surface area contributed by atoms with Gasteiger partial charge in [-0.05, 0) is 49.5 Å². The number of anilines is 2. The number of rotatable bonds is 5. The second kappa shape index (κ2) is 10.8. The van der Waals surface area contributed by atoms with E-state index in [9.17, 15) is 18.4 Å². The molecule has 0 bridgehead atoms. The van der Waals surface area contributed by atoms with Crippen molar-refractivity contribution in [1.29, 1.82) is 5.41 Å². The quantitative estimate of drug-likeness (QED) is 0.353. The molecule has 2 amide bonds. The van der Waals surface area contributed by atoms with Gasteiger partial charge in [-0.25, -0.2) is 13.8 Å². The van der Waals surface area contributed by atoms with Gasteiger partial charge in [-0.2, -0.15) is 0 Å². The van der Waals surface area contributed by atoms with Crippen LogP contribution in [0.3, 0.4) is 0 Å². The Morgan fingerprint density at radius 3 is 2.33 bits per heavy atom. The second-order valence-electron chi connectivity index (χ2n) is 8.29. The average Bonchev–Trinajstić information content (AvgIpc) is 2.86. The fourth-order valence-electron chi connectivity index (χ4n) is 3.70. The standard InChI is InChI=1S/C25H23ClF2N6O2/c1-33-8-10-34(11-9-33)23(29)15-2-5-18(20(28)12-15)24(35)31-21-6-4-17(27)13-19(21)25(36)32-22-7-3-16(26)14-30-22/h2-7,12-14,29H,8-11H2,1H3,(H,31,35)(H,30,32,36). The van der Waals surface area contributed by atoms with E-state index < -0.39 is 23.4 Å². The first-order chi connectivity index (χ1) is 17.2. The van der Waals surface area contributed by atoms with E-state index in [-0.39, 0.29) is 28.5 Å². The van der Waals surface area contributed by atoms with Gasteiger partial charge >= 0.3 is 0 Å². The molecule has 2 aromatic carbocycles. The molecule has 2 heterocycles. The number of amidine groups is 1. The number of hydrogen-bond donors (Lipinski definition) is 3. The fraction of sp³-hybridized carbons (Fsp3) is 0.200. The summed E-state index contributed by atoms with van der Waals surface area (Å²) in [4.78, 5) is 33.5. The molecule has 3 aromatic rings. The van der Waals surface area contributed by atoms with Crippen molar-refractivity contribution in [2.75, 3.05) is 43.9 Å². The maximum Gasteiger partial charge on any atom is 0.259 e. The van der Waals surface area contributed by atoms with Crippen LogP contribution >= 0.6 is 11.6 Å². The van der Waals surface area contributed by atoms with Gasteiger partial charge in [0.15, 0.2) is 0 Å². The molecule has 36 heavy (non-hydrogen) atoms. The van der Waals surface area contributed by atoms with Crippen molar-refractivity contribution in [2.45, 2.75) is 0 Å². The van der Waals surface area contributed by atoms with Crippen LogP contribution in [0, 0.1) is 17.0 Å². The van der Waals surface area contributed by atoms with Crippen molar-refractivity contribution < 1.29 is 18.4 Å². The van der Waals surface area contributed by atoms with E-state index in [1.165, 1.54) is 36.5 Å². The van der Waals surface area contributed by atoms with Crippen LogP contribution in [0.5, 0.6) is 0 Å². The van der Waals surface area contributed by atoms with Crippen LogP contribution in [-0.2, 0) is 0 Å². The molecule has 1 aromatic heterocycles. The number of benzene rings is 2. The number of nitrogens with one attached hydrogen (secondary N) is 3. The van der Waals surface area contributed by atoms with E-state index in [4.69, 9.17) is 17.0 Å². The largest absolute Gasteiger partial charge is 0.354 e. The molecule has 0 aliphatic carbocycles. The predicted molar refractivity (Wildman–Crippen MR) is 134 cm³/mol. The SMILES string of the molecule is CN1CCN(C(=N)c2ccc(C(=O)Nc3ccc(F)cc3C(=O)Nc3ccc(Cl)cn3)c(F)c2)CC1. The first-order valence-electron chi connectivity index (χ1n) is 11.1. The summed E-state index contributed by atoms with van der Waals surface area (Å²) in [6.07, 6.45) is 1.33. The number of carbonyl (C=O) groups is 2. The summed E-state index contributed by atoms with van der Waals surface area (Å²) in [7, 11) is 2.00. The molecule has 1 fully saturated rings. The molecule has 1 saturated heterocycles. The van der Waals surface area contributed by atoms with Crippen molar-refractivity contribution in [2.24, 2.45) is 0 Å². The number of carbonyl (C=O) groups excluding carboxylic acids is 2. The Bertz CT molecular complexity index is 1310. The van der Waals surface area contributed by atoms with E-state index in [1.807, 2.05) is 11.9 Å². The highest BCUT2D eigenvalue weighted by molar-refractivity contribution is 6.30. The zero-order valence-electron chi connectivity index (χ0n) is 19.3. The van der Waals surface area contributed by atoms with E-state index >= 15 is 0 Å². The van der Waals surface area contributed by atoms with Crippen molar-refractivity contribution in [3.05, 3.63) is 88.1 Å². The minimum absolute atomic E-state index is 0.0125. The summed E-state index contributed by atoms with van der Waals surface area (Å²) in [5.74, 6) is -2.70. The Balaban J connectivity index is 1.50. The van der Waals surface area contributed by atoms with Crippen LogP contribution in [0.4, 0.5) is 20.3 Å². The predicted octanol–water partition coefficient (Wildman–Crippen LogP) is 4.09. The molecule has 4 rings (SSSR count). The Morgan fingerprint density at radius 2 is 1.67 bits per heavy atom. The van der Waals surface area contributed by atoms with Gasteiger partial charge in [-0.3, -0.25) is 15.0 Å². The fourth-order valence-corrected chi connectivity index (χ4v) is 3.81. The number of aromatic nitrogens is 1. The minimum Gasteiger partial charge on any atom is -0.354 e. The van der Waals surface area contributed by atoms with Gasteiger partial charge < -0.3 is 20.4 Å². The molecular weight excluding hydrogens is 490 g/mol. The summed E-state index contributed by atoms with van der Waals surface area (Å²) < 4.78 is 28.8. The first kappa shape index (κ1) is 25.2. The highest BCUT2D eigenvalue weighted by Gasteiger charge is 2.21. The number of pyridine rings is 1. The van der Waals surface area contributed by atoms with Gasteiger partial charge in [-0.15, -0.1) is 0 Å². The third-order valence-electron chi connectivity index (χ3n) is 5.75. The Labute approximate surface area is 211 Å². The van der Waals surface area contributed by atoms with Crippen LogP contribution in [0.1, 0.15) is 26.3 Å². The summed E-state index contributed by atoms with van der Waals surface area (Å²) in [5, 5.41) is 13.7. The lowest BCUT2D eigenvalue weighted by atomic mass is 10.1. The van der Waals surface area contributed by atoms with Crippen molar-refractivity contribution in [1.82, 2.24) is 14.8 Å². The Kier molecular flexibility index (Phi) is 7.56.